The van der Waals surface area contributed by atoms with E-state index in [1.165, 1.54) is 35.4 Å². The van der Waals surface area contributed by atoms with Crippen molar-refractivity contribution in [3.63, 3.8) is 0 Å². The molecule has 1 aliphatic rings. The molecule has 17 heteroatoms. The Bertz CT molecular complexity index is 1610. The fourth-order valence-electron chi connectivity index (χ4n) is 4.02. The molecule has 0 radical (unpaired) electrons. The van der Waals surface area contributed by atoms with Crippen molar-refractivity contribution < 1.29 is 31.4 Å². The molecule has 9 nitrogen and oxygen atoms in total. The summed E-state index contributed by atoms with van der Waals surface area (Å²) in [6.45, 7) is 1.72. The Morgan fingerprint density at radius 1 is 1.07 bits per heavy atom. The highest BCUT2D eigenvalue weighted by atomic mass is 35.5. The van der Waals surface area contributed by atoms with Crippen LogP contribution in [0.2, 0.25) is 5.02 Å². The predicted octanol–water partition coefficient (Wildman–Crippen LogP) is 5.22. The highest BCUT2D eigenvalue weighted by Gasteiger charge is 2.56. The lowest BCUT2D eigenvalue weighted by atomic mass is 10.1. The Morgan fingerprint density at radius 2 is 1.82 bits per heavy atom. The first-order valence-electron chi connectivity index (χ1n) is 11.3. The first kappa shape index (κ1) is 28.0. The van der Waals surface area contributed by atoms with Crippen molar-refractivity contribution in [2.75, 3.05) is 17.7 Å². The SMILES string of the molecule is C[C@@H](c1ncnn1-c1ccc(C2=NC(O)(C(F)(F)F)CS2)cn1)N(C)c1ncnc2c(C(F)(F)F)cc(Cl)cc12. The number of alkyl halides is 6. The summed E-state index contributed by atoms with van der Waals surface area (Å²) in [6.07, 6.45) is -6.03. The van der Waals surface area contributed by atoms with Crippen molar-refractivity contribution in [2.45, 2.75) is 31.0 Å². The molecule has 2 atom stereocenters. The number of thioether (sulfide) groups is 1. The number of rotatable bonds is 5. The number of halogens is 7. The lowest BCUT2D eigenvalue weighted by Crippen LogP contribution is -2.43. The maximum absolute atomic E-state index is 13.6. The number of pyridine rings is 1. The summed E-state index contributed by atoms with van der Waals surface area (Å²) in [4.78, 5) is 21.6. The standard InChI is InChI=1S/C23H17ClF6N8OS/c1-11(37(2)19-14-5-13(24)6-15(22(25,26)27)17(14)32-9-33-19)18-34-10-35-38(18)16-4-3-12(7-31-16)20-36-21(39,8-40-20)23(28,29)30/h3-7,9-11,39H,8H2,1-2H3/t11-,21?/m0/s1. The van der Waals surface area contributed by atoms with Gasteiger partial charge in [0, 0.05) is 29.2 Å². The number of benzene rings is 1. The van der Waals surface area contributed by atoms with Crippen LogP contribution in [0.1, 0.15) is 29.9 Å². The summed E-state index contributed by atoms with van der Waals surface area (Å²) < 4.78 is 81.6. The minimum Gasteiger partial charge on any atom is -0.361 e. The second-order valence-corrected chi connectivity index (χ2v) is 10.2. The molecule has 4 aromatic rings. The fraction of sp³-hybridized carbons (Fsp3) is 0.304. The van der Waals surface area contributed by atoms with Crippen LogP contribution in [-0.4, -0.2) is 64.6 Å². The molecule has 1 N–H and O–H groups in total. The minimum absolute atomic E-state index is 0.0154. The van der Waals surface area contributed by atoms with Gasteiger partial charge in [0.25, 0.3) is 5.72 Å². The third-order valence-corrected chi connectivity index (χ3v) is 7.58. The minimum atomic E-state index is -4.92. The number of fused-ring (bicyclic) bond motifs is 1. The molecule has 0 saturated heterocycles. The fourth-order valence-corrected chi connectivity index (χ4v) is 5.31. The average Bonchev–Trinajstić information content (AvgIpc) is 3.54. The third-order valence-electron chi connectivity index (χ3n) is 6.21. The van der Waals surface area contributed by atoms with E-state index in [-0.39, 0.29) is 38.2 Å². The van der Waals surface area contributed by atoms with Gasteiger partial charge in [0.05, 0.1) is 22.9 Å². The van der Waals surface area contributed by atoms with Gasteiger partial charge in [-0.3, -0.25) is 0 Å². The van der Waals surface area contributed by atoms with E-state index in [0.29, 0.717) is 5.82 Å². The molecule has 0 amide bonds. The van der Waals surface area contributed by atoms with Crippen molar-refractivity contribution in [2.24, 2.45) is 4.99 Å². The van der Waals surface area contributed by atoms with Crippen LogP contribution in [0.5, 0.6) is 0 Å². The molecule has 0 aliphatic carbocycles. The number of hydrogen-bond donors (Lipinski definition) is 1. The summed E-state index contributed by atoms with van der Waals surface area (Å²) in [5, 5.41) is 13.9. The molecule has 0 saturated carbocycles. The van der Waals surface area contributed by atoms with Gasteiger partial charge in [-0.05, 0) is 31.2 Å². The average molecular weight is 603 g/mol. The monoisotopic (exact) mass is 602 g/mol. The van der Waals surface area contributed by atoms with Crippen molar-refractivity contribution in [1.82, 2.24) is 29.7 Å². The Kier molecular flexibility index (Phi) is 6.90. The smallest absolute Gasteiger partial charge is 0.361 e. The molecule has 210 valence electrons. The Labute approximate surface area is 230 Å². The van der Waals surface area contributed by atoms with Crippen LogP contribution < -0.4 is 4.90 Å². The Morgan fingerprint density at radius 3 is 2.45 bits per heavy atom. The van der Waals surface area contributed by atoms with E-state index in [9.17, 15) is 31.4 Å². The van der Waals surface area contributed by atoms with Crippen molar-refractivity contribution in [3.05, 3.63) is 65.1 Å². The third kappa shape index (κ3) is 4.94. The van der Waals surface area contributed by atoms with Crippen molar-refractivity contribution in [3.8, 4) is 5.82 Å². The van der Waals surface area contributed by atoms with Gasteiger partial charge in [0.2, 0.25) is 0 Å². The predicted molar refractivity (Wildman–Crippen MR) is 136 cm³/mol. The van der Waals surface area contributed by atoms with E-state index in [0.717, 1.165) is 24.2 Å². The normalized spacial score (nSPS) is 18.7. The van der Waals surface area contributed by atoms with Crippen LogP contribution in [0.15, 0.2) is 48.1 Å². The number of aliphatic hydroxyl groups is 1. The van der Waals surface area contributed by atoms with Crippen LogP contribution >= 0.6 is 23.4 Å². The van der Waals surface area contributed by atoms with Crippen LogP contribution in [0.25, 0.3) is 16.7 Å². The summed E-state index contributed by atoms with van der Waals surface area (Å²) in [7, 11) is 1.60. The second kappa shape index (κ2) is 9.85. The lowest BCUT2D eigenvalue weighted by Gasteiger charge is -2.26. The van der Waals surface area contributed by atoms with Gasteiger partial charge in [-0.1, -0.05) is 11.6 Å². The number of aromatic nitrogens is 6. The van der Waals surface area contributed by atoms with Gasteiger partial charge in [0.1, 0.15) is 23.5 Å². The van der Waals surface area contributed by atoms with Crippen molar-refractivity contribution in [1.29, 1.82) is 0 Å². The van der Waals surface area contributed by atoms with E-state index in [4.69, 9.17) is 11.6 Å². The lowest BCUT2D eigenvalue weighted by molar-refractivity contribution is -0.245. The van der Waals surface area contributed by atoms with Gasteiger partial charge in [-0.2, -0.15) is 36.1 Å². The van der Waals surface area contributed by atoms with Gasteiger partial charge in [0.15, 0.2) is 11.6 Å². The highest BCUT2D eigenvalue weighted by Crippen LogP contribution is 2.41. The zero-order valence-electron chi connectivity index (χ0n) is 20.4. The summed E-state index contributed by atoms with van der Waals surface area (Å²) in [6, 6.07) is 4.51. The second-order valence-electron chi connectivity index (χ2n) is 8.79. The van der Waals surface area contributed by atoms with E-state index in [2.05, 4.69) is 30.0 Å². The van der Waals surface area contributed by atoms with Crippen LogP contribution in [0.4, 0.5) is 32.2 Å². The maximum Gasteiger partial charge on any atom is 0.439 e. The van der Waals surface area contributed by atoms with E-state index < -0.39 is 35.4 Å². The van der Waals surface area contributed by atoms with E-state index in [1.807, 2.05) is 0 Å². The van der Waals surface area contributed by atoms with Gasteiger partial charge >= 0.3 is 12.4 Å². The Balaban J connectivity index is 1.46. The first-order chi connectivity index (χ1) is 18.7. The highest BCUT2D eigenvalue weighted by molar-refractivity contribution is 8.14. The first-order valence-corrected chi connectivity index (χ1v) is 12.7. The molecule has 0 spiro atoms. The number of hydrogen-bond acceptors (Lipinski definition) is 9. The zero-order chi connectivity index (χ0) is 29.0. The van der Waals surface area contributed by atoms with Gasteiger partial charge < -0.3 is 10.0 Å². The summed E-state index contributed by atoms with van der Waals surface area (Å²) in [5.74, 6) is 0.0995. The summed E-state index contributed by atoms with van der Waals surface area (Å²) in [5.41, 5.74) is -4.21. The molecule has 1 aromatic carbocycles. The largest absolute Gasteiger partial charge is 0.439 e. The quantitative estimate of drug-likeness (QED) is 0.310. The van der Waals surface area contributed by atoms with Crippen LogP contribution in [0, 0.1) is 0 Å². The maximum atomic E-state index is 13.6. The van der Waals surface area contributed by atoms with Crippen LogP contribution in [0.3, 0.4) is 0 Å². The molecule has 5 rings (SSSR count). The number of anilines is 1. The molecule has 0 bridgehead atoms. The molecular formula is C23H17ClF6N8OS. The number of nitrogens with zero attached hydrogens (tertiary/aromatic N) is 8. The topological polar surface area (TPSA) is 105 Å². The Hall–Kier alpha value is -3.50. The van der Waals surface area contributed by atoms with Crippen molar-refractivity contribution >= 4 is 45.1 Å². The molecule has 40 heavy (non-hydrogen) atoms. The molecule has 3 aromatic heterocycles. The molecule has 4 heterocycles. The zero-order valence-corrected chi connectivity index (χ0v) is 22.0. The van der Waals surface area contributed by atoms with E-state index >= 15 is 0 Å². The van der Waals surface area contributed by atoms with Gasteiger partial charge in [-0.15, -0.1) is 11.8 Å². The molecule has 1 unspecified atom stereocenters. The van der Waals surface area contributed by atoms with E-state index in [1.54, 1.807) is 18.9 Å². The number of aliphatic imine (C=N–C) groups is 1. The summed E-state index contributed by atoms with van der Waals surface area (Å²) >= 11 is 6.75. The van der Waals surface area contributed by atoms with Crippen LogP contribution in [-0.2, 0) is 6.18 Å². The molecule has 0 fully saturated rings. The molecule has 1 aliphatic heterocycles. The molecular weight excluding hydrogens is 586 g/mol. The van der Waals surface area contributed by atoms with Gasteiger partial charge in [-0.25, -0.2) is 24.9 Å².